The first-order valence-electron chi connectivity index (χ1n) is 7.88. The van der Waals surface area contributed by atoms with Gasteiger partial charge in [0.2, 0.25) is 0 Å². The maximum Gasteiger partial charge on any atom is 0.255 e. The summed E-state index contributed by atoms with van der Waals surface area (Å²) in [6.07, 6.45) is 0. The lowest BCUT2D eigenvalue weighted by molar-refractivity contribution is 0.0942. The van der Waals surface area contributed by atoms with Crippen LogP contribution in [0.2, 0.25) is 0 Å². The summed E-state index contributed by atoms with van der Waals surface area (Å²) in [7, 11) is 1.34. The molecule has 0 atom stereocenters. The van der Waals surface area contributed by atoms with Crippen LogP contribution in [0.4, 0.5) is 10.1 Å². The van der Waals surface area contributed by atoms with Crippen LogP contribution in [0.25, 0.3) is 0 Å². The van der Waals surface area contributed by atoms with E-state index in [-0.39, 0.29) is 23.3 Å². The highest BCUT2D eigenvalue weighted by Crippen LogP contribution is 2.20. The van der Waals surface area contributed by atoms with Crippen molar-refractivity contribution in [3.63, 3.8) is 0 Å². The van der Waals surface area contributed by atoms with Gasteiger partial charge in [0.1, 0.15) is 0 Å². The molecule has 0 aliphatic heterocycles. The molecule has 0 fully saturated rings. The Hall–Kier alpha value is -2.89. The molecule has 0 saturated carbocycles. The Balaban J connectivity index is 2.16. The van der Waals surface area contributed by atoms with Crippen molar-refractivity contribution < 1.29 is 18.7 Å². The van der Waals surface area contributed by atoms with Crippen molar-refractivity contribution in [1.82, 2.24) is 5.32 Å². The van der Waals surface area contributed by atoms with Crippen molar-refractivity contribution in [1.29, 1.82) is 0 Å². The van der Waals surface area contributed by atoms with Crippen LogP contribution in [0.15, 0.2) is 36.4 Å². The normalized spacial score (nSPS) is 10.5. The van der Waals surface area contributed by atoms with Crippen molar-refractivity contribution >= 4 is 17.5 Å². The van der Waals surface area contributed by atoms with Crippen LogP contribution in [0.5, 0.6) is 5.75 Å². The predicted molar refractivity (Wildman–Crippen MR) is 94.7 cm³/mol. The molecule has 0 aliphatic rings. The molecular weight excluding hydrogens is 323 g/mol. The molecule has 0 aromatic heterocycles. The van der Waals surface area contributed by atoms with Gasteiger partial charge in [-0.2, -0.15) is 0 Å². The summed E-state index contributed by atoms with van der Waals surface area (Å²) in [4.78, 5) is 24.4. The Bertz CT molecular complexity index is 803. The quantitative estimate of drug-likeness (QED) is 0.872. The third-order valence-corrected chi connectivity index (χ3v) is 3.56. The van der Waals surface area contributed by atoms with Crippen LogP contribution in [0.3, 0.4) is 0 Å². The third kappa shape index (κ3) is 4.56. The zero-order valence-electron chi connectivity index (χ0n) is 14.6. The molecule has 5 nitrogen and oxygen atoms in total. The molecule has 25 heavy (non-hydrogen) atoms. The standard InChI is InChI=1S/C19H21FN2O3/c1-11(2)21-19(24)15-7-6-14(9-12(15)3)22-18(23)13-5-8-16(20)17(10-13)25-4/h5-11H,1-4H3,(H,21,24)(H,22,23). The van der Waals surface area contributed by atoms with E-state index in [4.69, 9.17) is 4.74 Å². The maximum absolute atomic E-state index is 13.4. The second-order valence-corrected chi connectivity index (χ2v) is 5.96. The van der Waals surface area contributed by atoms with Gasteiger partial charge in [0.05, 0.1) is 7.11 Å². The SMILES string of the molecule is COc1cc(C(=O)Nc2ccc(C(=O)NC(C)C)c(C)c2)ccc1F. The van der Waals surface area contributed by atoms with Gasteiger partial charge in [0.15, 0.2) is 11.6 Å². The zero-order chi connectivity index (χ0) is 18.6. The molecule has 2 aromatic rings. The number of rotatable bonds is 5. The summed E-state index contributed by atoms with van der Waals surface area (Å²) in [5.74, 6) is -1.08. The lowest BCUT2D eigenvalue weighted by Gasteiger charge is -2.12. The van der Waals surface area contributed by atoms with E-state index in [1.807, 2.05) is 13.8 Å². The Kier molecular flexibility index (Phi) is 5.75. The molecule has 0 aliphatic carbocycles. The summed E-state index contributed by atoms with van der Waals surface area (Å²) in [5.41, 5.74) is 2.12. The number of nitrogens with one attached hydrogen (secondary N) is 2. The second kappa shape index (κ2) is 7.79. The maximum atomic E-state index is 13.4. The van der Waals surface area contributed by atoms with Gasteiger partial charge in [-0.25, -0.2) is 4.39 Å². The van der Waals surface area contributed by atoms with Crippen LogP contribution in [-0.2, 0) is 0 Å². The van der Waals surface area contributed by atoms with E-state index >= 15 is 0 Å². The highest BCUT2D eigenvalue weighted by atomic mass is 19.1. The summed E-state index contributed by atoms with van der Waals surface area (Å²) >= 11 is 0. The molecule has 6 heteroatoms. The van der Waals surface area contributed by atoms with E-state index in [1.54, 1.807) is 25.1 Å². The molecule has 2 aromatic carbocycles. The topological polar surface area (TPSA) is 67.4 Å². The summed E-state index contributed by atoms with van der Waals surface area (Å²) in [6, 6.07) is 8.97. The number of carbonyl (C=O) groups is 2. The molecule has 132 valence electrons. The van der Waals surface area contributed by atoms with Crippen molar-refractivity contribution in [2.75, 3.05) is 12.4 Å². The minimum Gasteiger partial charge on any atom is -0.494 e. The average Bonchev–Trinajstić information content (AvgIpc) is 2.54. The molecular formula is C19H21FN2O3. The van der Waals surface area contributed by atoms with Crippen molar-refractivity contribution in [2.24, 2.45) is 0 Å². The Morgan fingerprint density at radius 1 is 1.08 bits per heavy atom. The van der Waals surface area contributed by atoms with E-state index in [2.05, 4.69) is 10.6 Å². The molecule has 0 radical (unpaired) electrons. The number of hydrogen-bond acceptors (Lipinski definition) is 3. The lowest BCUT2D eigenvalue weighted by Crippen LogP contribution is -2.30. The fourth-order valence-electron chi connectivity index (χ4n) is 2.34. The molecule has 0 unspecified atom stereocenters. The monoisotopic (exact) mass is 344 g/mol. The second-order valence-electron chi connectivity index (χ2n) is 5.96. The van der Waals surface area contributed by atoms with Gasteiger partial charge in [0.25, 0.3) is 11.8 Å². The minimum atomic E-state index is -0.532. The number of carbonyl (C=O) groups excluding carboxylic acids is 2. The summed E-state index contributed by atoms with van der Waals surface area (Å²) in [5, 5.41) is 5.56. The van der Waals surface area contributed by atoms with Gasteiger partial charge in [-0.05, 0) is 62.7 Å². The minimum absolute atomic E-state index is 0.00420. The van der Waals surface area contributed by atoms with E-state index < -0.39 is 11.7 Å². The third-order valence-electron chi connectivity index (χ3n) is 3.56. The number of anilines is 1. The number of methoxy groups -OCH3 is 1. The van der Waals surface area contributed by atoms with Crippen LogP contribution in [-0.4, -0.2) is 25.0 Å². The van der Waals surface area contributed by atoms with Crippen LogP contribution < -0.4 is 15.4 Å². The highest BCUT2D eigenvalue weighted by molar-refractivity contribution is 6.05. The summed E-state index contributed by atoms with van der Waals surface area (Å²) < 4.78 is 18.3. The Labute approximate surface area is 146 Å². The number of aryl methyl sites for hydroxylation is 1. The molecule has 0 heterocycles. The first-order chi connectivity index (χ1) is 11.8. The number of halogens is 1. The average molecular weight is 344 g/mol. The molecule has 0 saturated heterocycles. The molecule has 0 bridgehead atoms. The Morgan fingerprint density at radius 2 is 1.80 bits per heavy atom. The lowest BCUT2D eigenvalue weighted by atomic mass is 10.1. The fourth-order valence-corrected chi connectivity index (χ4v) is 2.34. The molecule has 2 rings (SSSR count). The summed E-state index contributed by atoms with van der Waals surface area (Å²) in [6.45, 7) is 5.57. The van der Waals surface area contributed by atoms with Crippen LogP contribution in [0, 0.1) is 12.7 Å². The number of amides is 2. The Morgan fingerprint density at radius 3 is 2.40 bits per heavy atom. The molecule has 0 spiro atoms. The van der Waals surface area contributed by atoms with E-state index in [0.717, 1.165) is 5.56 Å². The van der Waals surface area contributed by atoms with E-state index in [9.17, 15) is 14.0 Å². The van der Waals surface area contributed by atoms with Gasteiger partial charge in [-0.3, -0.25) is 9.59 Å². The van der Waals surface area contributed by atoms with Crippen molar-refractivity contribution in [2.45, 2.75) is 26.8 Å². The van der Waals surface area contributed by atoms with Crippen molar-refractivity contribution in [3.8, 4) is 5.75 Å². The molecule has 2 amide bonds. The van der Waals surface area contributed by atoms with E-state index in [0.29, 0.717) is 11.3 Å². The van der Waals surface area contributed by atoms with Crippen molar-refractivity contribution in [3.05, 3.63) is 58.9 Å². The van der Waals surface area contributed by atoms with Gasteiger partial charge >= 0.3 is 0 Å². The van der Waals surface area contributed by atoms with Crippen LogP contribution in [0.1, 0.15) is 40.1 Å². The first-order valence-corrected chi connectivity index (χ1v) is 7.88. The van der Waals surface area contributed by atoms with Gasteiger partial charge in [-0.1, -0.05) is 0 Å². The zero-order valence-corrected chi connectivity index (χ0v) is 14.6. The van der Waals surface area contributed by atoms with Gasteiger partial charge in [-0.15, -0.1) is 0 Å². The first kappa shape index (κ1) is 18.4. The van der Waals surface area contributed by atoms with Crippen LogP contribution >= 0.6 is 0 Å². The molecule has 2 N–H and O–H groups in total. The smallest absolute Gasteiger partial charge is 0.255 e. The highest BCUT2D eigenvalue weighted by Gasteiger charge is 2.13. The number of benzene rings is 2. The predicted octanol–water partition coefficient (Wildman–Crippen LogP) is 3.53. The van der Waals surface area contributed by atoms with E-state index in [1.165, 1.54) is 25.3 Å². The fraction of sp³-hybridized carbons (Fsp3) is 0.263. The number of ether oxygens (including phenoxy) is 1. The van der Waals surface area contributed by atoms with Gasteiger partial charge in [0, 0.05) is 22.9 Å². The largest absolute Gasteiger partial charge is 0.494 e. The van der Waals surface area contributed by atoms with Gasteiger partial charge < -0.3 is 15.4 Å². The number of hydrogen-bond donors (Lipinski definition) is 2.